The predicted octanol–water partition coefficient (Wildman–Crippen LogP) is 3.95. The minimum Gasteiger partial charge on any atom is -0.491 e. The zero-order chi connectivity index (χ0) is 20.9. The number of anilines is 1. The third-order valence-corrected chi connectivity index (χ3v) is 7.03. The van der Waals surface area contributed by atoms with E-state index in [9.17, 15) is 13.5 Å². The van der Waals surface area contributed by atoms with E-state index in [1.165, 1.54) is 0 Å². The van der Waals surface area contributed by atoms with Crippen LogP contribution >= 0.6 is 11.6 Å². The first-order valence-corrected chi connectivity index (χ1v) is 11.2. The van der Waals surface area contributed by atoms with Crippen molar-refractivity contribution >= 4 is 38.3 Å². The van der Waals surface area contributed by atoms with Gasteiger partial charge in [0.1, 0.15) is 5.69 Å². The zero-order valence-corrected chi connectivity index (χ0v) is 17.1. The molecule has 0 amide bonds. The Morgan fingerprint density at radius 2 is 1.80 bits per heavy atom. The number of aromatic nitrogens is 4. The summed E-state index contributed by atoms with van der Waals surface area (Å²) >= 11 is 6.38. The fraction of sp³-hybridized carbons (Fsp3) is 0.150. The van der Waals surface area contributed by atoms with E-state index >= 15 is 0 Å². The fourth-order valence-corrected chi connectivity index (χ4v) is 4.84. The SMILES string of the molecule is O=S(=O)(Nc1nc(-c2ccccc2)c(-c2cc(Cl)c3[nH]ncc3c2)nc1O)C1CC1. The molecular formula is C20H16ClN5O3S. The van der Waals surface area contributed by atoms with Crippen molar-refractivity contribution < 1.29 is 13.5 Å². The Morgan fingerprint density at radius 3 is 2.53 bits per heavy atom. The Balaban J connectivity index is 1.70. The molecule has 152 valence electrons. The number of nitrogens with zero attached hydrogens (tertiary/aromatic N) is 3. The van der Waals surface area contributed by atoms with E-state index in [0.29, 0.717) is 40.3 Å². The lowest BCUT2D eigenvalue weighted by Gasteiger charge is -2.14. The highest BCUT2D eigenvalue weighted by Crippen LogP contribution is 2.38. The van der Waals surface area contributed by atoms with E-state index in [1.54, 1.807) is 12.3 Å². The van der Waals surface area contributed by atoms with Crippen molar-refractivity contribution in [2.24, 2.45) is 0 Å². The lowest BCUT2D eigenvalue weighted by Crippen LogP contribution is -2.18. The molecule has 0 saturated heterocycles. The van der Waals surface area contributed by atoms with Gasteiger partial charge in [-0.1, -0.05) is 41.9 Å². The highest BCUT2D eigenvalue weighted by molar-refractivity contribution is 7.93. The Bertz CT molecular complexity index is 1370. The second-order valence-electron chi connectivity index (χ2n) is 7.10. The molecule has 0 bridgehead atoms. The summed E-state index contributed by atoms with van der Waals surface area (Å²) in [5.74, 6) is -0.697. The van der Waals surface area contributed by atoms with Crippen LogP contribution in [0.1, 0.15) is 12.8 Å². The van der Waals surface area contributed by atoms with Gasteiger partial charge in [-0.15, -0.1) is 0 Å². The second kappa shape index (κ2) is 6.96. The van der Waals surface area contributed by atoms with Crippen LogP contribution in [0.3, 0.4) is 0 Å². The molecule has 1 aliphatic carbocycles. The molecule has 1 fully saturated rings. The number of aromatic hydroxyl groups is 1. The van der Waals surface area contributed by atoms with Crippen LogP contribution in [0.25, 0.3) is 33.4 Å². The number of hydrogen-bond donors (Lipinski definition) is 3. The Kier molecular flexibility index (Phi) is 4.37. The van der Waals surface area contributed by atoms with Crippen molar-refractivity contribution in [3.05, 3.63) is 53.7 Å². The first-order chi connectivity index (χ1) is 14.4. The summed E-state index contributed by atoms with van der Waals surface area (Å²) in [5.41, 5.74) is 2.81. The minimum absolute atomic E-state index is 0.194. The monoisotopic (exact) mass is 441 g/mol. The number of H-pyrrole nitrogens is 1. The van der Waals surface area contributed by atoms with Gasteiger partial charge in [-0.2, -0.15) is 5.10 Å². The molecule has 1 saturated carbocycles. The third kappa shape index (κ3) is 3.35. The molecule has 0 spiro atoms. The predicted molar refractivity (Wildman–Crippen MR) is 115 cm³/mol. The van der Waals surface area contributed by atoms with Crippen LogP contribution in [0.15, 0.2) is 48.7 Å². The summed E-state index contributed by atoms with van der Waals surface area (Å²) in [7, 11) is -3.61. The van der Waals surface area contributed by atoms with Gasteiger partial charge in [-0.05, 0) is 25.0 Å². The normalized spacial score (nSPS) is 14.2. The summed E-state index contributed by atoms with van der Waals surface area (Å²) in [4.78, 5) is 8.74. The Hall–Kier alpha value is -3.17. The first kappa shape index (κ1) is 18.8. The maximum absolute atomic E-state index is 12.4. The molecule has 4 aromatic rings. The maximum Gasteiger partial charge on any atom is 0.256 e. The van der Waals surface area contributed by atoms with Gasteiger partial charge in [0.25, 0.3) is 5.88 Å². The van der Waals surface area contributed by atoms with Crippen molar-refractivity contribution in [2.75, 3.05) is 4.72 Å². The van der Waals surface area contributed by atoms with Gasteiger partial charge < -0.3 is 5.11 Å². The van der Waals surface area contributed by atoms with Crippen molar-refractivity contribution in [2.45, 2.75) is 18.1 Å². The number of hydrogen-bond acceptors (Lipinski definition) is 6. The van der Waals surface area contributed by atoms with Crippen molar-refractivity contribution in [1.29, 1.82) is 0 Å². The van der Waals surface area contributed by atoms with Crippen molar-refractivity contribution in [3.63, 3.8) is 0 Å². The van der Waals surface area contributed by atoms with Crippen LogP contribution in [0.5, 0.6) is 5.88 Å². The smallest absolute Gasteiger partial charge is 0.256 e. The number of nitrogens with one attached hydrogen (secondary N) is 2. The van der Waals surface area contributed by atoms with Gasteiger partial charge in [0.2, 0.25) is 15.8 Å². The van der Waals surface area contributed by atoms with Crippen LogP contribution in [-0.4, -0.2) is 38.9 Å². The van der Waals surface area contributed by atoms with E-state index in [1.807, 2.05) is 36.4 Å². The summed E-state index contributed by atoms with van der Waals surface area (Å²) < 4.78 is 27.1. The molecule has 30 heavy (non-hydrogen) atoms. The molecule has 0 radical (unpaired) electrons. The standard InChI is InChI=1S/C20H16ClN5O3S/c21-15-9-12(8-13-10-22-25-16(13)15)18-17(11-4-2-1-3-5-11)23-19(20(27)24-18)26-30(28,29)14-6-7-14/h1-5,8-10,14H,6-7H2,(H,22,25)(H,23,26)(H,24,27). The van der Waals surface area contributed by atoms with E-state index < -0.39 is 21.2 Å². The highest BCUT2D eigenvalue weighted by Gasteiger charge is 2.36. The van der Waals surface area contributed by atoms with Gasteiger partial charge in [-0.25, -0.2) is 18.4 Å². The molecule has 10 heteroatoms. The van der Waals surface area contributed by atoms with Gasteiger partial charge in [0, 0.05) is 16.5 Å². The summed E-state index contributed by atoms with van der Waals surface area (Å²) in [6, 6.07) is 12.7. The van der Waals surface area contributed by atoms with Crippen LogP contribution in [-0.2, 0) is 10.0 Å². The zero-order valence-electron chi connectivity index (χ0n) is 15.5. The van der Waals surface area contributed by atoms with Gasteiger partial charge in [0.15, 0.2) is 0 Å². The van der Waals surface area contributed by atoms with Crippen molar-refractivity contribution in [1.82, 2.24) is 20.2 Å². The molecule has 0 unspecified atom stereocenters. The number of aromatic amines is 1. The lowest BCUT2D eigenvalue weighted by atomic mass is 10.0. The van der Waals surface area contributed by atoms with Crippen LogP contribution in [0.2, 0.25) is 5.02 Å². The lowest BCUT2D eigenvalue weighted by molar-refractivity contribution is 0.454. The fourth-order valence-electron chi connectivity index (χ4n) is 3.24. The molecule has 3 N–H and O–H groups in total. The molecule has 2 heterocycles. The van der Waals surface area contributed by atoms with E-state index in [0.717, 1.165) is 10.9 Å². The van der Waals surface area contributed by atoms with Gasteiger partial charge in [-0.3, -0.25) is 9.82 Å². The average molecular weight is 442 g/mol. The molecule has 1 aliphatic rings. The van der Waals surface area contributed by atoms with Gasteiger partial charge in [0.05, 0.1) is 27.7 Å². The van der Waals surface area contributed by atoms with Gasteiger partial charge >= 0.3 is 0 Å². The maximum atomic E-state index is 12.4. The van der Waals surface area contributed by atoms with Crippen LogP contribution in [0.4, 0.5) is 5.82 Å². The topological polar surface area (TPSA) is 121 Å². The van der Waals surface area contributed by atoms with E-state index in [2.05, 4.69) is 24.9 Å². The molecule has 2 aromatic heterocycles. The van der Waals surface area contributed by atoms with E-state index in [-0.39, 0.29) is 5.82 Å². The Morgan fingerprint density at radius 1 is 1.07 bits per heavy atom. The Labute approximate surface area is 177 Å². The minimum atomic E-state index is -3.61. The van der Waals surface area contributed by atoms with Crippen molar-refractivity contribution in [3.8, 4) is 28.4 Å². The number of fused-ring (bicyclic) bond motifs is 1. The summed E-state index contributed by atoms with van der Waals surface area (Å²) in [5, 5.41) is 18.1. The number of benzene rings is 2. The number of halogens is 1. The number of sulfonamides is 1. The molecule has 0 aliphatic heterocycles. The summed E-state index contributed by atoms with van der Waals surface area (Å²) in [6.45, 7) is 0. The largest absolute Gasteiger partial charge is 0.491 e. The molecule has 0 atom stereocenters. The molecule has 2 aromatic carbocycles. The average Bonchev–Trinajstić information content (AvgIpc) is 3.49. The second-order valence-corrected chi connectivity index (χ2v) is 9.47. The molecule has 8 nitrogen and oxygen atoms in total. The first-order valence-electron chi connectivity index (χ1n) is 9.23. The highest BCUT2D eigenvalue weighted by atomic mass is 35.5. The summed E-state index contributed by atoms with van der Waals surface area (Å²) in [6.07, 6.45) is 2.82. The quantitative estimate of drug-likeness (QED) is 0.431. The van der Waals surface area contributed by atoms with Crippen LogP contribution in [0, 0.1) is 0 Å². The molecule has 5 rings (SSSR count). The number of rotatable bonds is 5. The third-order valence-electron chi connectivity index (χ3n) is 4.90. The van der Waals surface area contributed by atoms with E-state index in [4.69, 9.17) is 11.6 Å². The van der Waals surface area contributed by atoms with Crippen LogP contribution < -0.4 is 4.72 Å². The molecular weight excluding hydrogens is 426 g/mol.